The first kappa shape index (κ1) is 10.9. The highest BCUT2D eigenvalue weighted by molar-refractivity contribution is 5.02. The SMILES string of the molecule is COC1CC(NCC(F)F)C1(C)C. The summed E-state index contributed by atoms with van der Waals surface area (Å²) in [6.45, 7) is 3.85. The molecule has 0 saturated heterocycles. The number of hydrogen-bond acceptors (Lipinski definition) is 2. The van der Waals surface area contributed by atoms with Crippen molar-refractivity contribution in [1.29, 1.82) is 0 Å². The molecule has 0 spiro atoms. The number of halogens is 2. The Hall–Kier alpha value is -0.220. The van der Waals surface area contributed by atoms with Crippen molar-refractivity contribution in [2.24, 2.45) is 5.41 Å². The molecule has 0 aliphatic heterocycles. The van der Waals surface area contributed by atoms with Crippen molar-refractivity contribution < 1.29 is 13.5 Å². The van der Waals surface area contributed by atoms with Crippen LogP contribution >= 0.6 is 0 Å². The van der Waals surface area contributed by atoms with Crippen LogP contribution in [0.25, 0.3) is 0 Å². The molecule has 1 aliphatic rings. The van der Waals surface area contributed by atoms with Crippen molar-refractivity contribution in [3.8, 4) is 0 Å². The van der Waals surface area contributed by atoms with Gasteiger partial charge in [-0.1, -0.05) is 13.8 Å². The van der Waals surface area contributed by atoms with E-state index in [0.717, 1.165) is 6.42 Å². The van der Waals surface area contributed by atoms with Gasteiger partial charge in [0.25, 0.3) is 6.43 Å². The van der Waals surface area contributed by atoms with Gasteiger partial charge >= 0.3 is 0 Å². The van der Waals surface area contributed by atoms with E-state index in [1.807, 2.05) is 13.8 Å². The Balaban J connectivity index is 2.31. The third-order valence-corrected chi connectivity index (χ3v) is 2.98. The topological polar surface area (TPSA) is 21.3 Å². The van der Waals surface area contributed by atoms with Gasteiger partial charge in [-0.3, -0.25) is 0 Å². The molecule has 2 atom stereocenters. The number of rotatable bonds is 4. The first-order chi connectivity index (χ1) is 5.98. The summed E-state index contributed by atoms with van der Waals surface area (Å²) in [4.78, 5) is 0. The van der Waals surface area contributed by atoms with Gasteiger partial charge < -0.3 is 10.1 Å². The van der Waals surface area contributed by atoms with Crippen molar-refractivity contribution >= 4 is 0 Å². The molecular formula is C9H17F2NO. The van der Waals surface area contributed by atoms with Crippen LogP contribution in [0.4, 0.5) is 8.78 Å². The molecule has 0 amide bonds. The van der Waals surface area contributed by atoms with E-state index in [4.69, 9.17) is 4.74 Å². The monoisotopic (exact) mass is 193 g/mol. The van der Waals surface area contributed by atoms with Crippen LogP contribution < -0.4 is 5.32 Å². The van der Waals surface area contributed by atoms with Crippen molar-refractivity contribution in [1.82, 2.24) is 5.32 Å². The van der Waals surface area contributed by atoms with Crippen LogP contribution in [0.5, 0.6) is 0 Å². The van der Waals surface area contributed by atoms with Crippen LogP contribution in [0.1, 0.15) is 20.3 Å². The normalized spacial score (nSPS) is 31.8. The Morgan fingerprint density at radius 1 is 1.54 bits per heavy atom. The van der Waals surface area contributed by atoms with E-state index in [9.17, 15) is 8.78 Å². The number of nitrogens with one attached hydrogen (secondary N) is 1. The lowest BCUT2D eigenvalue weighted by molar-refractivity contribution is -0.0997. The summed E-state index contributed by atoms with van der Waals surface area (Å²) in [5.74, 6) is 0. The maximum atomic E-state index is 11.9. The molecule has 2 nitrogen and oxygen atoms in total. The minimum atomic E-state index is -2.27. The molecule has 1 rings (SSSR count). The van der Waals surface area contributed by atoms with Crippen LogP contribution in [0, 0.1) is 5.41 Å². The summed E-state index contributed by atoms with van der Waals surface area (Å²) < 4.78 is 29.0. The molecule has 1 N–H and O–H groups in total. The summed E-state index contributed by atoms with van der Waals surface area (Å²) in [6.07, 6.45) is -1.24. The van der Waals surface area contributed by atoms with Crippen molar-refractivity contribution in [3.05, 3.63) is 0 Å². The highest BCUT2D eigenvalue weighted by Gasteiger charge is 2.48. The van der Waals surface area contributed by atoms with E-state index in [1.54, 1.807) is 7.11 Å². The summed E-state index contributed by atoms with van der Waals surface area (Å²) in [5, 5.41) is 2.84. The van der Waals surface area contributed by atoms with Crippen molar-refractivity contribution in [2.45, 2.75) is 38.8 Å². The van der Waals surface area contributed by atoms with Gasteiger partial charge in [0, 0.05) is 18.6 Å². The van der Waals surface area contributed by atoms with Gasteiger partial charge in [-0.2, -0.15) is 0 Å². The Bertz CT molecular complexity index is 173. The maximum Gasteiger partial charge on any atom is 0.250 e. The number of methoxy groups -OCH3 is 1. The van der Waals surface area contributed by atoms with Gasteiger partial charge in [-0.05, 0) is 6.42 Å². The van der Waals surface area contributed by atoms with Gasteiger partial charge in [0.2, 0.25) is 0 Å². The minimum absolute atomic E-state index is 0.0242. The van der Waals surface area contributed by atoms with E-state index >= 15 is 0 Å². The molecule has 2 unspecified atom stereocenters. The first-order valence-electron chi connectivity index (χ1n) is 4.52. The van der Waals surface area contributed by atoms with Gasteiger partial charge in [0.1, 0.15) is 0 Å². The number of ether oxygens (including phenoxy) is 1. The lowest BCUT2D eigenvalue weighted by Gasteiger charge is -2.51. The lowest BCUT2D eigenvalue weighted by atomic mass is 9.64. The summed E-state index contributed by atoms with van der Waals surface area (Å²) in [7, 11) is 1.66. The van der Waals surface area contributed by atoms with E-state index in [-0.39, 0.29) is 24.1 Å². The second-order valence-corrected chi connectivity index (χ2v) is 4.13. The average Bonchev–Trinajstić information content (AvgIpc) is 2.02. The Morgan fingerprint density at radius 2 is 2.15 bits per heavy atom. The van der Waals surface area contributed by atoms with Crippen LogP contribution in [0.3, 0.4) is 0 Å². The molecular weight excluding hydrogens is 176 g/mol. The second-order valence-electron chi connectivity index (χ2n) is 4.13. The van der Waals surface area contributed by atoms with Gasteiger partial charge in [-0.25, -0.2) is 8.78 Å². The molecule has 0 heterocycles. The standard InChI is InChI=1S/C9H17F2NO/c1-9(2)6(4-7(9)13-3)12-5-8(10)11/h6-8,12H,4-5H2,1-3H3. The van der Waals surface area contributed by atoms with Gasteiger partial charge in [0.05, 0.1) is 12.6 Å². The zero-order valence-corrected chi connectivity index (χ0v) is 8.31. The van der Waals surface area contributed by atoms with Crippen LogP contribution in [-0.4, -0.2) is 32.2 Å². The molecule has 0 bridgehead atoms. The average molecular weight is 193 g/mol. The molecule has 78 valence electrons. The minimum Gasteiger partial charge on any atom is -0.381 e. The second kappa shape index (κ2) is 3.88. The summed E-state index contributed by atoms with van der Waals surface area (Å²) in [5.41, 5.74) is -0.0242. The van der Waals surface area contributed by atoms with Gasteiger partial charge in [0.15, 0.2) is 0 Å². The van der Waals surface area contributed by atoms with Crippen LogP contribution in [0.15, 0.2) is 0 Å². The van der Waals surface area contributed by atoms with Crippen molar-refractivity contribution in [3.63, 3.8) is 0 Å². The Kier molecular flexibility index (Phi) is 3.24. The number of alkyl halides is 2. The first-order valence-corrected chi connectivity index (χ1v) is 4.52. The zero-order valence-electron chi connectivity index (χ0n) is 8.31. The molecule has 1 aliphatic carbocycles. The largest absolute Gasteiger partial charge is 0.381 e. The third kappa shape index (κ3) is 2.17. The highest BCUT2D eigenvalue weighted by atomic mass is 19.3. The highest BCUT2D eigenvalue weighted by Crippen LogP contribution is 2.42. The Labute approximate surface area is 77.6 Å². The van der Waals surface area contributed by atoms with Crippen LogP contribution in [0.2, 0.25) is 0 Å². The third-order valence-electron chi connectivity index (χ3n) is 2.98. The molecule has 13 heavy (non-hydrogen) atoms. The fourth-order valence-corrected chi connectivity index (χ4v) is 1.86. The molecule has 4 heteroatoms. The van der Waals surface area contributed by atoms with E-state index in [0.29, 0.717) is 0 Å². The van der Waals surface area contributed by atoms with Crippen LogP contribution in [-0.2, 0) is 4.74 Å². The van der Waals surface area contributed by atoms with E-state index < -0.39 is 6.43 Å². The summed E-state index contributed by atoms with van der Waals surface area (Å²) in [6, 6.07) is 0.159. The molecule has 1 fully saturated rings. The van der Waals surface area contributed by atoms with Gasteiger partial charge in [-0.15, -0.1) is 0 Å². The molecule has 0 aromatic carbocycles. The number of hydrogen-bond donors (Lipinski definition) is 1. The maximum absolute atomic E-state index is 11.9. The predicted molar refractivity (Wildman–Crippen MR) is 47.0 cm³/mol. The predicted octanol–water partition coefficient (Wildman–Crippen LogP) is 1.65. The summed E-state index contributed by atoms with van der Waals surface area (Å²) >= 11 is 0. The van der Waals surface area contributed by atoms with Crippen molar-refractivity contribution in [2.75, 3.05) is 13.7 Å². The van der Waals surface area contributed by atoms with E-state index in [2.05, 4.69) is 5.32 Å². The fraction of sp³-hybridized carbons (Fsp3) is 1.00. The molecule has 0 radical (unpaired) electrons. The molecule has 0 aromatic heterocycles. The quantitative estimate of drug-likeness (QED) is 0.733. The Morgan fingerprint density at radius 3 is 2.54 bits per heavy atom. The zero-order chi connectivity index (χ0) is 10.1. The fourth-order valence-electron chi connectivity index (χ4n) is 1.86. The lowest BCUT2D eigenvalue weighted by Crippen LogP contribution is -2.61. The molecule has 0 aromatic rings. The van der Waals surface area contributed by atoms with E-state index in [1.165, 1.54) is 0 Å². The molecule has 1 saturated carbocycles. The smallest absolute Gasteiger partial charge is 0.250 e.